The van der Waals surface area contributed by atoms with Gasteiger partial charge in [0.1, 0.15) is 11.8 Å². The van der Waals surface area contributed by atoms with Gasteiger partial charge in [0.25, 0.3) is 0 Å². The third kappa shape index (κ3) is 8.98. The molecule has 9 heteroatoms. The molecule has 0 aliphatic heterocycles. The van der Waals surface area contributed by atoms with E-state index in [1.165, 1.54) is 17.0 Å². The first kappa shape index (κ1) is 30.5. The van der Waals surface area contributed by atoms with Crippen molar-refractivity contribution < 1.29 is 22.7 Å². The van der Waals surface area contributed by atoms with Gasteiger partial charge in [0, 0.05) is 25.6 Å². The Balaban J connectivity index is 1.76. The number of amides is 2. The number of carbonyl (C=O) groups is 2. The largest absolute Gasteiger partial charge is 0.497 e. The van der Waals surface area contributed by atoms with Gasteiger partial charge in [-0.3, -0.25) is 13.9 Å². The van der Waals surface area contributed by atoms with E-state index in [4.69, 9.17) is 4.74 Å². The highest BCUT2D eigenvalue weighted by Gasteiger charge is 2.30. The SMILES string of the molecule is CC[C@@H](C(=O)NC1CCCCC1)N(Cc1cccc(OC)c1)C(=O)CCCN(c1ccc(C)cc1)S(C)(=O)=O. The van der Waals surface area contributed by atoms with Crippen LogP contribution in [0.2, 0.25) is 0 Å². The highest BCUT2D eigenvalue weighted by Crippen LogP contribution is 2.22. The number of ether oxygens (including phenoxy) is 1. The number of hydrogen-bond acceptors (Lipinski definition) is 5. The van der Waals surface area contributed by atoms with Crippen molar-refractivity contribution in [3.63, 3.8) is 0 Å². The van der Waals surface area contributed by atoms with Crippen LogP contribution in [0.4, 0.5) is 5.69 Å². The number of benzene rings is 2. The molecule has 1 aliphatic carbocycles. The topological polar surface area (TPSA) is 96.0 Å². The van der Waals surface area contributed by atoms with Gasteiger partial charge in [-0.25, -0.2) is 8.42 Å². The van der Waals surface area contributed by atoms with Crippen LogP contribution in [0.25, 0.3) is 0 Å². The van der Waals surface area contributed by atoms with Crippen LogP contribution in [0, 0.1) is 6.92 Å². The molecule has 0 aromatic heterocycles. The number of sulfonamides is 1. The fourth-order valence-corrected chi connectivity index (χ4v) is 6.11. The van der Waals surface area contributed by atoms with Gasteiger partial charge in [-0.05, 0) is 62.4 Å². The molecule has 3 rings (SSSR count). The minimum atomic E-state index is -3.53. The number of nitrogens with zero attached hydrogens (tertiary/aromatic N) is 2. The van der Waals surface area contributed by atoms with Crippen molar-refractivity contribution in [1.82, 2.24) is 10.2 Å². The van der Waals surface area contributed by atoms with Crippen LogP contribution in [0.3, 0.4) is 0 Å². The third-order valence-electron chi connectivity index (χ3n) is 7.30. The first-order valence-electron chi connectivity index (χ1n) is 13.9. The lowest BCUT2D eigenvalue weighted by Gasteiger charge is -2.33. The first-order chi connectivity index (χ1) is 18.6. The number of hydrogen-bond donors (Lipinski definition) is 1. The fraction of sp³-hybridized carbons (Fsp3) is 0.533. The molecule has 2 aromatic carbocycles. The van der Waals surface area contributed by atoms with Crippen LogP contribution in [-0.4, -0.2) is 57.1 Å². The van der Waals surface area contributed by atoms with Gasteiger partial charge in [0.15, 0.2) is 0 Å². The maximum atomic E-state index is 13.7. The molecule has 0 spiro atoms. The van der Waals surface area contributed by atoms with Crippen LogP contribution in [0.15, 0.2) is 48.5 Å². The van der Waals surface area contributed by atoms with E-state index in [2.05, 4.69) is 5.32 Å². The molecule has 0 bridgehead atoms. The van der Waals surface area contributed by atoms with Crippen molar-refractivity contribution in [3.05, 3.63) is 59.7 Å². The van der Waals surface area contributed by atoms with Crippen LogP contribution in [0.1, 0.15) is 69.4 Å². The van der Waals surface area contributed by atoms with E-state index >= 15 is 0 Å². The van der Waals surface area contributed by atoms with Crippen molar-refractivity contribution in [2.24, 2.45) is 0 Å². The Morgan fingerprint density at radius 2 is 1.77 bits per heavy atom. The predicted molar refractivity (Wildman–Crippen MR) is 155 cm³/mol. The Labute approximate surface area is 233 Å². The van der Waals surface area contributed by atoms with E-state index in [0.29, 0.717) is 24.3 Å². The van der Waals surface area contributed by atoms with E-state index in [1.54, 1.807) is 24.1 Å². The lowest BCUT2D eigenvalue weighted by molar-refractivity contribution is -0.141. The molecule has 2 aromatic rings. The normalized spacial score (nSPS) is 14.9. The second kappa shape index (κ2) is 14.4. The maximum absolute atomic E-state index is 13.7. The number of rotatable bonds is 13. The zero-order chi connectivity index (χ0) is 28.4. The smallest absolute Gasteiger partial charge is 0.243 e. The van der Waals surface area contributed by atoms with E-state index < -0.39 is 16.1 Å². The summed E-state index contributed by atoms with van der Waals surface area (Å²) < 4.78 is 31.7. The predicted octanol–water partition coefficient (Wildman–Crippen LogP) is 4.81. The molecule has 0 heterocycles. The van der Waals surface area contributed by atoms with Crippen LogP contribution < -0.4 is 14.4 Å². The Hall–Kier alpha value is -3.07. The molecule has 1 saturated carbocycles. The van der Waals surface area contributed by atoms with Gasteiger partial charge in [0.05, 0.1) is 19.1 Å². The third-order valence-corrected chi connectivity index (χ3v) is 8.49. The second-order valence-electron chi connectivity index (χ2n) is 10.4. The summed E-state index contributed by atoms with van der Waals surface area (Å²) in [6, 6.07) is 14.3. The van der Waals surface area contributed by atoms with Gasteiger partial charge in [0.2, 0.25) is 21.8 Å². The van der Waals surface area contributed by atoms with Gasteiger partial charge in [-0.1, -0.05) is 56.0 Å². The van der Waals surface area contributed by atoms with Gasteiger partial charge < -0.3 is 15.0 Å². The summed E-state index contributed by atoms with van der Waals surface area (Å²) in [7, 11) is -1.93. The van der Waals surface area contributed by atoms with Crippen molar-refractivity contribution in [2.75, 3.05) is 24.2 Å². The summed E-state index contributed by atoms with van der Waals surface area (Å²) in [5.41, 5.74) is 2.47. The van der Waals surface area contributed by atoms with Gasteiger partial charge in [-0.15, -0.1) is 0 Å². The molecule has 1 aliphatic rings. The molecule has 39 heavy (non-hydrogen) atoms. The van der Waals surface area contributed by atoms with E-state index in [0.717, 1.165) is 36.8 Å². The van der Waals surface area contributed by atoms with Crippen molar-refractivity contribution in [1.29, 1.82) is 0 Å². The zero-order valence-electron chi connectivity index (χ0n) is 23.7. The number of methoxy groups -OCH3 is 1. The monoisotopic (exact) mass is 557 g/mol. The average Bonchev–Trinajstić information content (AvgIpc) is 2.91. The Morgan fingerprint density at radius 1 is 1.08 bits per heavy atom. The number of anilines is 1. The van der Waals surface area contributed by atoms with Gasteiger partial charge >= 0.3 is 0 Å². The summed E-state index contributed by atoms with van der Waals surface area (Å²) in [4.78, 5) is 28.7. The first-order valence-corrected chi connectivity index (χ1v) is 15.7. The van der Waals surface area contributed by atoms with Crippen LogP contribution in [-0.2, 0) is 26.2 Å². The number of nitrogens with one attached hydrogen (secondary N) is 1. The molecule has 8 nitrogen and oxygen atoms in total. The number of aryl methyl sites for hydroxylation is 1. The molecular formula is C30H43N3O5S. The summed E-state index contributed by atoms with van der Waals surface area (Å²) in [6.07, 6.45) is 7.43. The standard InChI is InChI=1S/C30H43N3O5S/c1-5-28(30(35)31-25-12-7-6-8-13-25)32(22-24-11-9-14-27(21-24)38-3)29(34)15-10-20-33(39(4,36)37)26-18-16-23(2)17-19-26/h9,11,14,16-19,21,25,28H,5-8,10,12-13,15,20,22H2,1-4H3,(H,31,35)/t28-/m0/s1. The van der Waals surface area contributed by atoms with Crippen LogP contribution in [0.5, 0.6) is 5.75 Å². The molecule has 0 saturated heterocycles. The Kier molecular flexibility index (Phi) is 11.2. The van der Waals surface area contributed by atoms with Crippen molar-refractivity contribution >= 4 is 27.5 Å². The Morgan fingerprint density at radius 3 is 2.38 bits per heavy atom. The molecule has 0 unspecified atom stereocenters. The number of carbonyl (C=O) groups excluding carboxylic acids is 2. The van der Waals surface area contributed by atoms with E-state index in [1.807, 2.05) is 50.2 Å². The minimum absolute atomic E-state index is 0.120. The van der Waals surface area contributed by atoms with Crippen molar-refractivity contribution in [3.8, 4) is 5.75 Å². The summed E-state index contributed by atoms with van der Waals surface area (Å²) in [5.74, 6) is 0.375. The summed E-state index contributed by atoms with van der Waals surface area (Å²) in [6.45, 7) is 4.30. The molecule has 1 atom stereocenters. The summed E-state index contributed by atoms with van der Waals surface area (Å²) in [5, 5.41) is 3.19. The van der Waals surface area contributed by atoms with E-state index in [9.17, 15) is 18.0 Å². The van der Waals surface area contributed by atoms with E-state index in [-0.39, 0.29) is 37.4 Å². The highest BCUT2D eigenvalue weighted by molar-refractivity contribution is 7.92. The lowest BCUT2D eigenvalue weighted by Crippen LogP contribution is -2.51. The van der Waals surface area contributed by atoms with Gasteiger partial charge in [-0.2, -0.15) is 0 Å². The molecule has 1 fully saturated rings. The molecule has 1 N–H and O–H groups in total. The lowest BCUT2D eigenvalue weighted by atomic mass is 9.95. The minimum Gasteiger partial charge on any atom is -0.497 e. The maximum Gasteiger partial charge on any atom is 0.243 e. The molecule has 0 radical (unpaired) electrons. The molecular weight excluding hydrogens is 514 g/mol. The second-order valence-corrected chi connectivity index (χ2v) is 12.3. The summed E-state index contributed by atoms with van der Waals surface area (Å²) >= 11 is 0. The fourth-order valence-electron chi connectivity index (χ4n) is 5.15. The highest BCUT2D eigenvalue weighted by atomic mass is 32.2. The quantitative estimate of drug-likeness (QED) is 0.382. The Bertz CT molecular complexity index is 1190. The average molecular weight is 558 g/mol. The zero-order valence-corrected chi connectivity index (χ0v) is 24.5. The van der Waals surface area contributed by atoms with Crippen molar-refractivity contribution in [2.45, 2.75) is 83.8 Å². The van der Waals surface area contributed by atoms with Crippen LogP contribution >= 0.6 is 0 Å². The molecule has 214 valence electrons. The molecule has 2 amide bonds.